The van der Waals surface area contributed by atoms with Crippen molar-refractivity contribution >= 4 is 5.91 Å². The van der Waals surface area contributed by atoms with E-state index in [9.17, 15) is 4.79 Å². The molecule has 0 aromatic carbocycles. The van der Waals surface area contributed by atoms with Gasteiger partial charge in [0.25, 0.3) is 0 Å². The van der Waals surface area contributed by atoms with Gasteiger partial charge in [0.05, 0.1) is 6.04 Å². The van der Waals surface area contributed by atoms with E-state index in [2.05, 4.69) is 24.1 Å². The summed E-state index contributed by atoms with van der Waals surface area (Å²) in [4.78, 5) is 14.6. The third-order valence-corrected chi connectivity index (χ3v) is 4.73. The molecule has 2 fully saturated rings. The van der Waals surface area contributed by atoms with Crippen molar-refractivity contribution in [3.8, 4) is 0 Å². The number of carbonyl (C=O) groups excluding carboxylic acids is 1. The average Bonchev–Trinajstić information content (AvgIpc) is 2.79. The largest absolute Gasteiger partial charge is 0.341 e. The quantitative estimate of drug-likeness (QED) is 0.836. The summed E-state index contributed by atoms with van der Waals surface area (Å²) < 4.78 is 0. The molecule has 1 N–H and O–H groups in total. The van der Waals surface area contributed by atoms with Crippen LogP contribution in [0.3, 0.4) is 0 Å². The zero-order valence-electron chi connectivity index (χ0n) is 12.2. The van der Waals surface area contributed by atoms with Crippen molar-refractivity contribution in [3.05, 3.63) is 0 Å². The van der Waals surface area contributed by atoms with Gasteiger partial charge in [0.2, 0.25) is 5.91 Å². The van der Waals surface area contributed by atoms with Crippen LogP contribution in [-0.4, -0.2) is 37.0 Å². The lowest BCUT2D eigenvalue weighted by Crippen LogP contribution is -2.45. The van der Waals surface area contributed by atoms with Crippen molar-refractivity contribution in [1.29, 1.82) is 0 Å². The van der Waals surface area contributed by atoms with E-state index in [1.807, 2.05) is 7.05 Å². The van der Waals surface area contributed by atoms with Crippen molar-refractivity contribution in [2.24, 2.45) is 11.3 Å². The minimum atomic E-state index is 0.0175. The van der Waals surface area contributed by atoms with Crippen molar-refractivity contribution in [1.82, 2.24) is 10.2 Å². The van der Waals surface area contributed by atoms with Gasteiger partial charge in [0.15, 0.2) is 0 Å². The molecule has 1 aliphatic carbocycles. The Morgan fingerprint density at radius 2 is 2.00 bits per heavy atom. The van der Waals surface area contributed by atoms with E-state index in [-0.39, 0.29) is 11.5 Å². The molecule has 2 rings (SSSR count). The van der Waals surface area contributed by atoms with Gasteiger partial charge in [-0.1, -0.05) is 26.7 Å². The lowest BCUT2D eigenvalue weighted by molar-refractivity contribution is -0.133. The summed E-state index contributed by atoms with van der Waals surface area (Å²) in [5.74, 6) is 1.09. The summed E-state index contributed by atoms with van der Waals surface area (Å²) in [5, 5.41) is 3.21. The van der Waals surface area contributed by atoms with Gasteiger partial charge in [-0.15, -0.1) is 0 Å². The monoisotopic (exact) mass is 252 g/mol. The molecule has 0 spiro atoms. The summed E-state index contributed by atoms with van der Waals surface area (Å²) in [5.41, 5.74) is 0.272. The number of likely N-dealkylation sites (tertiary alicyclic amines) is 1. The highest BCUT2D eigenvalue weighted by Gasteiger charge is 2.35. The topological polar surface area (TPSA) is 32.3 Å². The Kier molecular flexibility index (Phi) is 4.31. The Morgan fingerprint density at radius 3 is 2.61 bits per heavy atom. The zero-order valence-corrected chi connectivity index (χ0v) is 12.2. The fourth-order valence-corrected chi connectivity index (χ4v) is 3.42. The van der Waals surface area contributed by atoms with E-state index in [0.717, 1.165) is 31.8 Å². The molecule has 3 heteroatoms. The first-order valence-electron chi connectivity index (χ1n) is 7.48. The molecule has 3 nitrogen and oxygen atoms in total. The molecule has 1 amide bonds. The van der Waals surface area contributed by atoms with Crippen LogP contribution in [0.25, 0.3) is 0 Å². The molecule has 1 heterocycles. The van der Waals surface area contributed by atoms with Crippen LogP contribution in [0.5, 0.6) is 0 Å². The third-order valence-electron chi connectivity index (χ3n) is 4.73. The minimum Gasteiger partial charge on any atom is -0.341 e. The molecular weight excluding hydrogens is 224 g/mol. The Hall–Kier alpha value is -0.570. The van der Waals surface area contributed by atoms with E-state index in [0.29, 0.717) is 5.91 Å². The summed E-state index contributed by atoms with van der Waals surface area (Å²) in [6, 6.07) is 0.0175. The lowest BCUT2D eigenvalue weighted by atomic mass is 9.83. The first-order chi connectivity index (χ1) is 8.52. The van der Waals surface area contributed by atoms with Crippen LogP contribution in [0.2, 0.25) is 0 Å². The molecule has 1 atom stereocenters. The third kappa shape index (κ3) is 3.25. The molecule has 1 saturated heterocycles. The second kappa shape index (κ2) is 5.60. The van der Waals surface area contributed by atoms with Gasteiger partial charge in [-0.2, -0.15) is 0 Å². The number of nitrogens with one attached hydrogen (secondary N) is 1. The maximum atomic E-state index is 12.5. The van der Waals surface area contributed by atoms with Crippen molar-refractivity contribution in [2.75, 3.05) is 20.1 Å². The highest BCUT2D eigenvalue weighted by molar-refractivity contribution is 5.82. The summed E-state index contributed by atoms with van der Waals surface area (Å²) in [6.07, 6.45) is 7.43. The number of likely N-dealkylation sites (N-methyl/N-ethyl adjacent to an activating group) is 1. The molecule has 1 saturated carbocycles. The molecular formula is C15H28N2O. The van der Waals surface area contributed by atoms with Crippen LogP contribution in [-0.2, 0) is 4.79 Å². The first-order valence-corrected chi connectivity index (χ1v) is 7.48. The highest BCUT2D eigenvalue weighted by atomic mass is 16.2. The molecule has 0 aromatic rings. The van der Waals surface area contributed by atoms with Gasteiger partial charge >= 0.3 is 0 Å². The predicted molar refractivity (Wildman–Crippen MR) is 74.4 cm³/mol. The van der Waals surface area contributed by atoms with E-state index >= 15 is 0 Å². The fourth-order valence-electron chi connectivity index (χ4n) is 3.42. The molecule has 1 unspecified atom stereocenters. The van der Waals surface area contributed by atoms with Crippen LogP contribution in [0, 0.1) is 11.3 Å². The van der Waals surface area contributed by atoms with Crippen LogP contribution < -0.4 is 5.32 Å². The van der Waals surface area contributed by atoms with Gasteiger partial charge in [0.1, 0.15) is 0 Å². The molecule has 18 heavy (non-hydrogen) atoms. The Morgan fingerprint density at radius 1 is 1.33 bits per heavy atom. The van der Waals surface area contributed by atoms with Crippen molar-refractivity contribution < 1.29 is 4.79 Å². The predicted octanol–water partition coefficient (Wildman–Crippen LogP) is 2.41. The number of hydrogen-bond acceptors (Lipinski definition) is 2. The molecule has 1 aliphatic heterocycles. The Labute approximate surface area is 111 Å². The van der Waals surface area contributed by atoms with E-state index in [4.69, 9.17) is 0 Å². The van der Waals surface area contributed by atoms with Gasteiger partial charge < -0.3 is 10.2 Å². The van der Waals surface area contributed by atoms with Crippen LogP contribution in [0.1, 0.15) is 52.4 Å². The maximum Gasteiger partial charge on any atom is 0.239 e. The number of hydrogen-bond donors (Lipinski definition) is 1. The van der Waals surface area contributed by atoms with Gasteiger partial charge in [-0.05, 0) is 44.1 Å². The molecule has 2 aliphatic rings. The summed E-state index contributed by atoms with van der Waals surface area (Å²) >= 11 is 0. The van der Waals surface area contributed by atoms with Crippen LogP contribution in [0.15, 0.2) is 0 Å². The number of nitrogens with zero attached hydrogens (tertiary/aromatic N) is 1. The van der Waals surface area contributed by atoms with Crippen LogP contribution in [0.4, 0.5) is 0 Å². The SMILES string of the molecule is CNC1CC(C)(C)CCN(CC2CCCC2)C1=O. The smallest absolute Gasteiger partial charge is 0.239 e. The molecule has 0 aromatic heterocycles. The van der Waals surface area contributed by atoms with E-state index in [1.165, 1.54) is 25.7 Å². The van der Waals surface area contributed by atoms with Gasteiger partial charge in [0, 0.05) is 13.1 Å². The Bertz CT molecular complexity index is 295. The average molecular weight is 252 g/mol. The minimum absolute atomic E-state index is 0.0175. The summed E-state index contributed by atoms with van der Waals surface area (Å²) in [6.45, 7) is 6.50. The normalized spacial score (nSPS) is 29.6. The summed E-state index contributed by atoms with van der Waals surface area (Å²) in [7, 11) is 1.91. The molecule has 104 valence electrons. The number of carbonyl (C=O) groups is 1. The molecule has 0 bridgehead atoms. The number of amides is 1. The second-order valence-corrected chi connectivity index (χ2v) is 6.89. The van der Waals surface area contributed by atoms with Gasteiger partial charge in [-0.25, -0.2) is 0 Å². The molecule has 0 radical (unpaired) electrons. The van der Waals surface area contributed by atoms with Crippen molar-refractivity contribution in [3.63, 3.8) is 0 Å². The number of rotatable bonds is 3. The van der Waals surface area contributed by atoms with E-state index < -0.39 is 0 Å². The maximum absolute atomic E-state index is 12.5. The van der Waals surface area contributed by atoms with Gasteiger partial charge in [-0.3, -0.25) is 4.79 Å². The highest BCUT2D eigenvalue weighted by Crippen LogP contribution is 2.32. The standard InChI is InChI=1S/C15H28N2O/c1-15(2)8-9-17(11-12-6-4-5-7-12)14(18)13(10-15)16-3/h12-13,16H,4-11H2,1-3H3. The lowest BCUT2D eigenvalue weighted by Gasteiger charge is -2.26. The van der Waals surface area contributed by atoms with Crippen LogP contribution >= 0.6 is 0 Å². The zero-order chi connectivity index (χ0) is 13.2. The van der Waals surface area contributed by atoms with Crippen molar-refractivity contribution in [2.45, 2.75) is 58.4 Å². The second-order valence-electron chi connectivity index (χ2n) is 6.89. The first kappa shape index (κ1) is 13.9. The Balaban J connectivity index is 2.02. The fraction of sp³-hybridized carbons (Fsp3) is 0.933. The van der Waals surface area contributed by atoms with E-state index in [1.54, 1.807) is 0 Å².